The Bertz CT molecular complexity index is 775. The van der Waals surface area contributed by atoms with Gasteiger partial charge in [-0.15, -0.1) is 0 Å². The van der Waals surface area contributed by atoms with Gasteiger partial charge in [-0.2, -0.15) is 0 Å². The molecule has 132 valence electrons. The van der Waals surface area contributed by atoms with Crippen LogP contribution >= 0.6 is 11.6 Å². The van der Waals surface area contributed by atoms with Crippen molar-refractivity contribution in [3.63, 3.8) is 0 Å². The second kappa shape index (κ2) is 8.39. The maximum absolute atomic E-state index is 12.1. The minimum atomic E-state index is -0.400. The number of anilines is 1. The molecule has 0 bridgehead atoms. The van der Waals surface area contributed by atoms with E-state index in [1.54, 1.807) is 24.3 Å². The number of rotatable bonds is 6. The van der Waals surface area contributed by atoms with Gasteiger partial charge in [0.05, 0.1) is 31.5 Å². The van der Waals surface area contributed by atoms with E-state index in [0.29, 0.717) is 27.8 Å². The van der Waals surface area contributed by atoms with Crippen LogP contribution < -0.4 is 20.1 Å². The highest BCUT2D eigenvalue weighted by Crippen LogP contribution is 2.35. The van der Waals surface area contributed by atoms with Crippen LogP contribution in [-0.2, 0) is 4.79 Å². The lowest BCUT2D eigenvalue weighted by molar-refractivity contribution is -0.115. The number of carbonyl (C=O) groups excluding carboxylic acids is 2. The van der Waals surface area contributed by atoms with E-state index in [9.17, 15) is 9.59 Å². The predicted molar refractivity (Wildman–Crippen MR) is 96.7 cm³/mol. The van der Waals surface area contributed by atoms with Crippen molar-refractivity contribution >= 4 is 29.1 Å². The Kier molecular flexibility index (Phi) is 6.25. The second-order valence-electron chi connectivity index (χ2n) is 5.28. The van der Waals surface area contributed by atoms with Crippen molar-refractivity contribution in [2.75, 3.05) is 26.1 Å². The summed E-state index contributed by atoms with van der Waals surface area (Å²) in [7, 11) is 2.94. The van der Waals surface area contributed by atoms with Crippen LogP contribution in [0.25, 0.3) is 0 Å². The van der Waals surface area contributed by atoms with Crippen LogP contribution in [0.3, 0.4) is 0 Å². The van der Waals surface area contributed by atoms with Gasteiger partial charge < -0.3 is 20.1 Å². The number of hydrogen-bond acceptors (Lipinski definition) is 4. The molecule has 2 rings (SSSR count). The van der Waals surface area contributed by atoms with E-state index >= 15 is 0 Å². The molecule has 0 aliphatic heterocycles. The van der Waals surface area contributed by atoms with Gasteiger partial charge in [0.2, 0.25) is 5.91 Å². The fourth-order valence-electron chi connectivity index (χ4n) is 2.12. The van der Waals surface area contributed by atoms with Gasteiger partial charge in [0.15, 0.2) is 0 Å². The van der Waals surface area contributed by atoms with Crippen LogP contribution in [-0.4, -0.2) is 32.6 Å². The Morgan fingerprint density at radius 1 is 1.04 bits per heavy atom. The summed E-state index contributed by atoms with van der Waals surface area (Å²) in [5, 5.41) is 5.59. The van der Waals surface area contributed by atoms with Gasteiger partial charge in [0.1, 0.15) is 11.5 Å². The summed E-state index contributed by atoms with van der Waals surface area (Å²) in [4.78, 5) is 24.1. The number of aryl methyl sites for hydroxylation is 1. The number of methoxy groups -OCH3 is 2. The maximum Gasteiger partial charge on any atom is 0.251 e. The third-order valence-corrected chi connectivity index (χ3v) is 3.77. The molecular formula is C18H19ClN2O4. The average molecular weight is 363 g/mol. The summed E-state index contributed by atoms with van der Waals surface area (Å²) in [6.45, 7) is 1.75. The molecule has 0 saturated heterocycles. The smallest absolute Gasteiger partial charge is 0.251 e. The molecule has 25 heavy (non-hydrogen) atoms. The monoisotopic (exact) mass is 362 g/mol. The standard InChI is InChI=1S/C18H19ClN2O4/c1-11-4-6-12(7-5-11)18(23)20-10-17(22)21-14-9-15(24-2)13(19)8-16(14)25-3/h4-9H,10H2,1-3H3,(H,20,23)(H,21,22). The summed E-state index contributed by atoms with van der Waals surface area (Å²) < 4.78 is 10.3. The third-order valence-electron chi connectivity index (χ3n) is 3.47. The van der Waals surface area contributed by atoms with Crippen molar-refractivity contribution in [3.05, 3.63) is 52.5 Å². The van der Waals surface area contributed by atoms with Crippen molar-refractivity contribution in [2.45, 2.75) is 6.92 Å². The molecule has 0 unspecified atom stereocenters. The molecule has 2 N–H and O–H groups in total. The molecule has 0 heterocycles. The lowest BCUT2D eigenvalue weighted by Gasteiger charge is -2.13. The zero-order valence-electron chi connectivity index (χ0n) is 14.2. The Morgan fingerprint density at radius 3 is 2.28 bits per heavy atom. The van der Waals surface area contributed by atoms with Gasteiger partial charge in [-0.05, 0) is 19.1 Å². The second-order valence-corrected chi connectivity index (χ2v) is 5.69. The first-order chi connectivity index (χ1) is 11.9. The molecule has 0 aliphatic carbocycles. The van der Waals surface area contributed by atoms with Gasteiger partial charge in [-0.25, -0.2) is 0 Å². The zero-order valence-corrected chi connectivity index (χ0v) is 14.9. The van der Waals surface area contributed by atoms with Gasteiger partial charge in [0, 0.05) is 17.7 Å². The Hall–Kier alpha value is -2.73. The zero-order chi connectivity index (χ0) is 18.4. The topological polar surface area (TPSA) is 76.7 Å². The Morgan fingerprint density at radius 2 is 1.68 bits per heavy atom. The Balaban J connectivity index is 2.00. The minimum absolute atomic E-state index is 0.180. The number of nitrogens with one attached hydrogen (secondary N) is 2. The van der Waals surface area contributed by atoms with Crippen molar-refractivity contribution in [2.24, 2.45) is 0 Å². The molecule has 2 aromatic carbocycles. The van der Waals surface area contributed by atoms with E-state index in [0.717, 1.165) is 5.56 Å². The van der Waals surface area contributed by atoms with Gasteiger partial charge >= 0.3 is 0 Å². The van der Waals surface area contributed by atoms with Crippen LogP contribution in [0, 0.1) is 6.92 Å². The minimum Gasteiger partial charge on any atom is -0.495 e. The summed E-state index contributed by atoms with van der Waals surface area (Å²) in [5.41, 5.74) is 1.94. The molecule has 0 aliphatic rings. The first kappa shape index (κ1) is 18.6. The van der Waals surface area contributed by atoms with Gasteiger partial charge in [-0.3, -0.25) is 9.59 Å². The largest absolute Gasteiger partial charge is 0.495 e. The van der Waals surface area contributed by atoms with Crippen molar-refractivity contribution in [3.8, 4) is 11.5 Å². The maximum atomic E-state index is 12.1. The fraction of sp³-hybridized carbons (Fsp3) is 0.222. The first-order valence-corrected chi connectivity index (χ1v) is 7.88. The van der Waals surface area contributed by atoms with E-state index in [4.69, 9.17) is 21.1 Å². The van der Waals surface area contributed by atoms with Crippen molar-refractivity contribution in [1.29, 1.82) is 0 Å². The number of benzene rings is 2. The van der Waals surface area contributed by atoms with Crippen LogP contribution in [0.2, 0.25) is 5.02 Å². The fourth-order valence-corrected chi connectivity index (χ4v) is 2.35. The van der Waals surface area contributed by atoms with Crippen LogP contribution in [0.5, 0.6) is 11.5 Å². The SMILES string of the molecule is COc1cc(NC(=O)CNC(=O)c2ccc(C)cc2)c(OC)cc1Cl. The van der Waals surface area contributed by atoms with Crippen LogP contribution in [0.1, 0.15) is 15.9 Å². The van der Waals surface area contributed by atoms with Crippen molar-refractivity contribution < 1.29 is 19.1 Å². The van der Waals surface area contributed by atoms with E-state index < -0.39 is 5.91 Å². The Labute approximate surface area is 151 Å². The highest BCUT2D eigenvalue weighted by atomic mass is 35.5. The summed E-state index contributed by atoms with van der Waals surface area (Å²) >= 11 is 6.02. The highest BCUT2D eigenvalue weighted by Gasteiger charge is 2.13. The highest BCUT2D eigenvalue weighted by molar-refractivity contribution is 6.32. The summed E-state index contributed by atoms with van der Waals surface area (Å²) in [6, 6.07) is 10.2. The average Bonchev–Trinajstić information content (AvgIpc) is 2.61. The molecule has 7 heteroatoms. The molecule has 2 amide bonds. The predicted octanol–water partition coefficient (Wildman–Crippen LogP) is 3.03. The van der Waals surface area contributed by atoms with Gasteiger partial charge in [-0.1, -0.05) is 29.3 Å². The van der Waals surface area contributed by atoms with E-state index in [1.807, 2.05) is 19.1 Å². The molecule has 0 fully saturated rings. The van der Waals surface area contributed by atoms with Gasteiger partial charge in [0.25, 0.3) is 5.91 Å². The summed E-state index contributed by atoms with van der Waals surface area (Å²) in [5.74, 6) is 0.0735. The number of hydrogen-bond donors (Lipinski definition) is 2. The normalized spacial score (nSPS) is 10.1. The number of amides is 2. The molecule has 2 aromatic rings. The van der Waals surface area contributed by atoms with E-state index in [1.165, 1.54) is 14.2 Å². The molecular weight excluding hydrogens is 344 g/mol. The van der Waals surface area contributed by atoms with Crippen LogP contribution in [0.4, 0.5) is 5.69 Å². The lowest BCUT2D eigenvalue weighted by Crippen LogP contribution is -2.32. The molecule has 0 spiro atoms. The lowest BCUT2D eigenvalue weighted by atomic mass is 10.1. The first-order valence-electron chi connectivity index (χ1n) is 7.51. The van der Waals surface area contributed by atoms with Crippen LogP contribution in [0.15, 0.2) is 36.4 Å². The van der Waals surface area contributed by atoms with Crippen molar-refractivity contribution in [1.82, 2.24) is 5.32 Å². The third kappa shape index (κ3) is 4.87. The molecule has 0 saturated carbocycles. The molecule has 0 radical (unpaired) electrons. The summed E-state index contributed by atoms with van der Waals surface area (Å²) in [6.07, 6.45) is 0. The van der Waals surface area contributed by atoms with E-state index in [2.05, 4.69) is 10.6 Å². The number of halogens is 1. The molecule has 6 nitrogen and oxygen atoms in total. The molecule has 0 aromatic heterocycles. The molecule has 0 atom stereocenters. The quantitative estimate of drug-likeness (QED) is 0.828. The number of ether oxygens (including phenoxy) is 2. The van der Waals surface area contributed by atoms with E-state index in [-0.39, 0.29) is 12.5 Å². The number of carbonyl (C=O) groups is 2.